The predicted molar refractivity (Wildman–Crippen MR) is 119 cm³/mol. The van der Waals surface area contributed by atoms with Gasteiger partial charge in [-0.3, -0.25) is 14.9 Å². The number of urea groups is 1. The van der Waals surface area contributed by atoms with Crippen LogP contribution in [0, 0.1) is 17.7 Å². The molecule has 4 amide bonds. The lowest BCUT2D eigenvalue weighted by atomic mass is 9.89. The average molecular weight is 449 g/mol. The lowest BCUT2D eigenvalue weighted by Crippen LogP contribution is -2.52. The Morgan fingerprint density at radius 3 is 2.61 bits per heavy atom. The topological polar surface area (TPSA) is 87.7 Å². The number of hydrogen-bond donors (Lipinski definition) is 2. The van der Waals surface area contributed by atoms with E-state index in [0.717, 1.165) is 24.8 Å². The van der Waals surface area contributed by atoms with Gasteiger partial charge in [0.1, 0.15) is 18.2 Å². The molecular formula is C25H24FN3O4. The van der Waals surface area contributed by atoms with Crippen molar-refractivity contribution in [2.75, 3.05) is 13.2 Å². The number of rotatable bonds is 7. The molecule has 1 fully saturated rings. The number of carbonyl (C=O) groups is 3. The minimum absolute atomic E-state index is 0.0944. The van der Waals surface area contributed by atoms with Crippen LogP contribution in [0.1, 0.15) is 47.7 Å². The third-order valence-electron chi connectivity index (χ3n) is 5.76. The van der Waals surface area contributed by atoms with Crippen molar-refractivity contribution in [2.45, 2.75) is 38.3 Å². The molecule has 1 saturated heterocycles. The van der Waals surface area contributed by atoms with Crippen molar-refractivity contribution in [3.05, 3.63) is 65.0 Å². The molecule has 2 aromatic carbocycles. The van der Waals surface area contributed by atoms with E-state index in [1.54, 1.807) is 12.1 Å². The highest BCUT2D eigenvalue weighted by Gasteiger charge is 2.50. The van der Waals surface area contributed by atoms with Crippen LogP contribution in [0.4, 0.5) is 9.18 Å². The van der Waals surface area contributed by atoms with Crippen LogP contribution in [0.5, 0.6) is 5.75 Å². The number of hydrogen-bond acceptors (Lipinski definition) is 4. The molecule has 0 saturated carbocycles. The molecule has 2 heterocycles. The number of ether oxygens (including phenoxy) is 1. The SMILES string of the molecule is CCCCC#CCOc1ccc2c(c1)C(=O)N(C[C@@]1(c3ccc(F)cc3)NC(=O)NC1=O)C2. The van der Waals surface area contributed by atoms with Gasteiger partial charge < -0.3 is 15.0 Å². The Kier molecular flexibility index (Phi) is 6.31. The fraction of sp³-hybridized carbons (Fsp3) is 0.320. The predicted octanol–water partition coefficient (Wildman–Crippen LogP) is 3.09. The molecule has 0 bridgehead atoms. The van der Waals surface area contributed by atoms with Gasteiger partial charge in [0, 0.05) is 18.5 Å². The smallest absolute Gasteiger partial charge is 0.322 e. The minimum atomic E-state index is -1.50. The third kappa shape index (κ3) is 4.53. The van der Waals surface area contributed by atoms with E-state index in [4.69, 9.17) is 4.74 Å². The molecule has 7 nitrogen and oxygen atoms in total. The standard InChI is InChI=1S/C25H24FN3O4/c1-2-3-4-5-6-13-33-20-12-7-17-15-29(22(30)21(17)14-20)16-25(23(31)27-24(32)28-25)18-8-10-19(26)11-9-18/h7-12,14H,2-4,13,15-16H2,1H3,(H2,27,28,31,32)/t25-/m0/s1. The Balaban J connectivity index is 1.51. The second kappa shape index (κ2) is 9.33. The number of fused-ring (bicyclic) bond motifs is 1. The quantitative estimate of drug-likeness (QED) is 0.386. The van der Waals surface area contributed by atoms with Gasteiger partial charge in [-0.05, 0) is 41.8 Å². The molecule has 2 aliphatic heterocycles. The van der Waals surface area contributed by atoms with E-state index in [-0.39, 0.29) is 25.6 Å². The van der Waals surface area contributed by atoms with Crippen molar-refractivity contribution in [2.24, 2.45) is 0 Å². The first-order chi connectivity index (χ1) is 15.9. The first-order valence-electron chi connectivity index (χ1n) is 10.8. The normalized spacial score (nSPS) is 19.0. The van der Waals surface area contributed by atoms with Gasteiger partial charge in [-0.2, -0.15) is 0 Å². The number of carbonyl (C=O) groups excluding carboxylic acids is 3. The van der Waals surface area contributed by atoms with Crippen molar-refractivity contribution in [1.29, 1.82) is 0 Å². The molecule has 8 heteroatoms. The highest BCUT2D eigenvalue weighted by molar-refractivity contribution is 6.08. The minimum Gasteiger partial charge on any atom is -0.481 e. The van der Waals surface area contributed by atoms with Crippen molar-refractivity contribution < 1.29 is 23.5 Å². The largest absolute Gasteiger partial charge is 0.481 e. The van der Waals surface area contributed by atoms with Crippen LogP contribution in [0.25, 0.3) is 0 Å². The molecular weight excluding hydrogens is 425 g/mol. The summed E-state index contributed by atoms with van der Waals surface area (Å²) in [5.74, 6) is 5.21. The lowest BCUT2D eigenvalue weighted by molar-refractivity contribution is -0.124. The van der Waals surface area contributed by atoms with Gasteiger partial charge in [-0.15, -0.1) is 0 Å². The van der Waals surface area contributed by atoms with Gasteiger partial charge in [0.25, 0.3) is 11.8 Å². The zero-order valence-electron chi connectivity index (χ0n) is 18.2. The molecule has 0 unspecified atom stereocenters. The molecule has 2 aromatic rings. The Morgan fingerprint density at radius 2 is 1.91 bits per heavy atom. The lowest BCUT2D eigenvalue weighted by Gasteiger charge is -2.31. The number of nitrogens with one attached hydrogen (secondary N) is 2. The molecule has 2 aliphatic rings. The highest BCUT2D eigenvalue weighted by Crippen LogP contribution is 2.32. The Morgan fingerprint density at radius 1 is 1.12 bits per heavy atom. The summed E-state index contributed by atoms with van der Waals surface area (Å²) in [5.41, 5.74) is 0.156. The summed E-state index contributed by atoms with van der Waals surface area (Å²) in [5, 5.41) is 4.86. The molecule has 1 atom stereocenters. The van der Waals surface area contributed by atoms with E-state index in [0.29, 0.717) is 16.9 Å². The molecule has 4 rings (SSSR count). The molecule has 2 N–H and O–H groups in total. The number of halogens is 1. The fourth-order valence-corrected chi connectivity index (χ4v) is 4.00. The van der Waals surface area contributed by atoms with Crippen LogP contribution in [-0.2, 0) is 16.9 Å². The van der Waals surface area contributed by atoms with Crippen molar-refractivity contribution in [3.63, 3.8) is 0 Å². The second-order valence-electron chi connectivity index (χ2n) is 8.05. The maximum atomic E-state index is 13.4. The Labute approximate surface area is 191 Å². The van der Waals surface area contributed by atoms with E-state index < -0.39 is 23.3 Å². The third-order valence-corrected chi connectivity index (χ3v) is 5.76. The Hall–Kier alpha value is -3.86. The van der Waals surface area contributed by atoms with Crippen LogP contribution in [-0.4, -0.2) is 35.9 Å². The van der Waals surface area contributed by atoms with Crippen LogP contribution in [0.2, 0.25) is 0 Å². The van der Waals surface area contributed by atoms with Gasteiger partial charge in [0.15, 0.2) is 5.54 Å². The van der Waals surface area contributed by atoms with Crippen molar-refractivity contribution in [3.8, 4) is 17.6 Å². The van der Waals surface area contributed by atoms with Crippen molar-refractivity contribution in [1.82, 2.24) is 15.5 Å². The molecule has 0 radical (unpaired) electrons. The Bertz CT molecular complexity index is 1150. The number of benzene rings is 2. The molecule has 33 heavy (non-hydrogen) atoms. The summed E-state index contributed by atoms with van der Waals surface area (Å²) in [6.45, 7) is 2.53. The van der Waals surface area contributed by atoms with Gasteiger partial charge in [-0.1, -0.05) is 43.4 Å². The zero-order valence-corrected chi connectivity index (χ0v) is 18.2. The molecule has 170 valence electrons. The van der Waals surface area contributed by atoms with E-state index in [9.17, 15) is 18.8 Å². The fourth-order valence-electron chi connectivity index (χ4n) is 4.00. The van der Waals surface area contributed by atoms with Gasteiger partial charge in [-0.25, -0.2) is 9.18 Å². The average Bonchev–Trinajstić information content (AvgIpc) is 3.26. The summed E-state index contributed by atoms with van der Waals surface area (Å²) >= 11 is 0. The van der Waals surface area contributed by atoms with Crippen molar-refractivity contribution >= 4 is 17.8 Å². The number of amides is 4. The van der Waals surface area contributed by atoms with E-state index in [1.165, 1.54) is 29.2 Å². The molecule has 0 aromatic heterocycles. The maximum Gasteiger partial charge on any atom is 0.322 e. The summed E-state index contributed by atoms with van der Waals surface area (Å²) in [6, 6.07) is 9.89. The number of nitrogens with zero attached hydrogens (tertiary/aromatic N) is 1. The van der Waals surface area contributed by atoms with Gasteiger partial charge in [0.2, 0.25) is 0 Å². The van der Waals surface area contributed by atoms with Crippen LogP contribution in [0.15, 0.2) is 42.5 Å². The maximum absolute atomic E-state index is 13.4. The number of imide groups is 1. The zero-order chi connectivity index (χ0) is 23.4. The summed E-state index contributed by atoms with van der Waals surface area (Å²) in [7, 11) is 0. The highest BCUT2D eigenvalue weighted by atomic mass is 19.1. The van der Waals surface area contributed by atoms with E-state index in [2.05, 4.69) is 29.4 Å². The van der Waals surface area contributed by atoms with Gasteiger partial charge in [0.05, 0.1) is 6.54 Å². The van der Waals surface area contributed by atoms with Crippen LogP contribution < -0.4 is 15.4 Å². The summed E-state index contributed by atoms with van der Waals surface area (Å²) < 4.78 is 19.1. The van der Waals surface area contributed by atoms with Crippen LogP contribution in [0.3, 0.4) is 0 Å². The summed E-state index contributed by atoms with van der Waals surface area (Å²) in [4.78, 5) is 39.4. The summed E-state index contributed by atoms with van der Waals surface area (Å²) in [6.07, 6.45) is 2.97. The number of unbranched alkanes of at least 4 members (excludes halogenated alkanes) is 2. The van der Waals surface area contributed by atoms with E-state index >= 15 is 0 Å². The van der Waals surface area contributed by atoms with Crippen LogP contribution >= 0.6 is 0 Å². The molecule has 0 spiro atoms. The second-order valence-corrected chi connectivity index (χ2v) is 8.05. The van der Waals surface area contributed by atoms with E-state index in [1.807, 2.05) is 6.07 Å². The molecule has 0 aliphatic carbocycles. The first-order valence-corrected chi connectivity index (χ1v) is 10.8. The van der Waals surface area contributed by atoms with Gasteiger partial charge >= 0.3 is 6.03 Å². The first kappa shape index (κ1) is 22.3. The monoisotopic (exact) mass is 449 g/mol.